The Labute approximate surface area is 99.6 Å². The molecule has 4 heteroatoms. The van der Waals surface area contributed by atoms with Gasteiger partial charge in [-0.05, 0) is 43.6 Å². The Morgan fingerprint density at radius 3 is 2.65 bits per heavy atom. The lowest BCUT2D eigenvalue weighted by atomic mass is 9.39. The molecule has 0 amide bonds. The zero-order valence-electron chi connectivity index (χ0n) is 9.72. The molecule has 5 rings (SSSR count). The molecule has 0 aromatic carbocycles. The summed E-state index contributed by atoms with van der Waals surface area (Å²) in [5.74, 6) is 0.0929. The van der Waals surface area contributed by atoms with Crippen molar-refractivity contribution >= 4 is 5.97 Å². The normalized spacial score (nSPS) is 39.1. The molecule has 0 aliphatic heterocycles. The van der Waals surface area contributed by atoms with Crippen LogP contribution in [0.3, 0.4) is 0 Å². The summed E-state index contributed by atoms with van der Waals surface area (Å²) in [4.78, 5) is 11.1. The van der Waals surface area contributed by atoms with Gasteiger partial charge >= 0.3 is 5.97 Å². The van der Waals surface area contributed by atoms with Gasteiger partial charge in [0.1, 0.15) is 0 Å². The van der Waals surface area contributed by atoms with E-state index in [0.717, 1.165) is 19.3 Å². The first kappa shape index (κ1) is 9.68. The predicted molar refractivity (Wildman–Crippen MR) is 60.7 cm³/mol. The van der Waals surface area contributed by atoms with Crippen LogP contribution in [0.5, 0.6) is 0 Å². The first-order valence-corrected chi connectivity index (χ1v) is 6.42. The monoisotopic (exact) mass is 232 g/mol. The minimum absolute atomic E-state index is 0.0559. The van der Waals surface area contributed by atoms with Crippen LogP contribution in [0.15, 0.2) is 12.4 Å². The third kappa shape index (κ3) is 1.04. The van der Waals surface area contributed by atoms with E-state index in [1.807, 2.05) is 10.9 Å². The molecule has 17 heavy (non-hydrogen) atoms. The van der Waals surface area contributed by atoms with E-state index in [1.54, 1.807) is 0 Å². The third-order valence-corrected chi connectivity index (χ3v) is 5.12. The van der Waals surface area contributed by atoms with E-state index in [1.165, 1.54) is 24.8 Å². The molecule has 4 aliphatic rings. The second-order valence-corrected chi connectivity index (χ2v) is 6.19. The van der Waals surface area contributed by atoms with Gasteiger partial charge in [0.15, 0.2) is 0 Å². The van der Waals surface area contributed by atoms with Crippen LogP contribution in [0.1, 0.15) is 50.0 Å². The van der Waals surface area contributed by atoms with E-state index >= 15 is 0 Å². The Bertz CT molecular complexity index is 481. The van der Waals surface area contributed by atoms with E-state index in [2.05, 4.69) is 11.3 Å². The highest BCUT2D eigenvalue weighted by atomic mass is 16.4. The molecule has 0 unspecified atom stereocenters. The molecular weight excluding hydrogens is 216 g/mol. The lowest BCUT2D eigenvalue weighted by molar-refractivity contribution is -0.216. The molecule has 90 valence electrons. The fraction of sp³-hybridized carbons (Fsp3) is 0.692. The average Bonchev–Trinajstić information content (AvgIpc) is 2.44. The predicted octanol–water partition coefficient (Wildman–Crippen LogP) is 2.11. The standard InChI is InChI=1S/C13H16N2O2/c16-11(17)12-6-13(7-12,8-12)15-5-10(4-14-15)9-2-1-3-9/h4-5,9H,1-3,6-8H2,(H,16,17). The van der Waals surface area contributed by atoms with Gasteiger partial charge in [0, 0.05) is 6.20 Å². The Morgan fingerprint density at radius 1 is 1.41 bits per heavy atom. The summed E-state index contributed by atoms with van der Waals surface area (Å²) in [6.45, 7) is 0. The van der Waals surface area contributed by atoms with E-state index in [9.17, 15) is 4.79 Å². The Hall–Kier alpha value is -1.32. The van der Waals surface area contributed by atoms with Crippen molar-refractivity contribution in [1.29, 1.82) is 0 Å². The summed E-state index contributed by atoms with van der Waals surface area (Å²) < 4.78 is 2.05. The van der Waals surface area contributed by atoms with Crippen molar-refractivity contribution in [2.24, 2.45) is 5.41 Å². The lowest BCUT2D eigenvalue weighted by Crippen LogP contribution is -2.70. The van der Waals surface area contributed by atoms with Gasteiger partial charge in [-0.3, -0.25) is 9.48 Å². The molecule has 4 fully saturated rings. The summed E-state index contributed by atoms with van der Waals surface area (Å²) in [6.07, 6.45) is 10.4. The molecule has 1 N–H and O–H groups in total. The van der Waals surface area contributed by atoms with Crippen molar-refractivity contribution in [3.05, 3.63) is 18.0 Å². The highest BCUT2D eigenvalue weighted by Crippen LogP contribution is 2.71. The summed E-state index contributed by atoms with van der Waals surface area (Å²) in [7, 11) is 0. The molecule has 0 spiro atoms. The van der Waals surface area contributed by atoms with Crippen LogP contribution in [0.25, 0.3) is 0 Å². The number of carboxylic acids is 1. The highest BCUT2D eigenvalue weighted by molar-refractivity contribution is 5.79. The van der Waals surface area contributed by atoms with E-state index in [0.29, 0.717) is 5.92 Å². The van der Waals surface area contributed by atoms with E-state index < -0.39 is 11.4 Å². The van der Waals surface area contributed by atoms with Crippen LogP contribution in [-0.4, -0.2) is 20.9 Å². The van der Waals surface area contributed by atoms with Crippen molar-refractivity contribution in [1.82, 2.24) is 9.78 Å². The number of aromatic nitrogens is 2. The van der Waals surface area contributed by atoms with Crippen molar-refractivity contribution in [2.75, 3.05) is 0 Å². The summed E-state index contributed by atoms with van der Waals surface area (Å²) >= 11 is 0. The van der Waals surface area contributed by atoms with Crippen molar-refractivity contribution in [2.45, 2.75) is 50.0 Å². The fourth-order valence-corrected chi connectivity index (χ4v) is 3.75. The highest BCUT2D eigenvalue weighted by Gasteiger charge is 2.73. The first-order chi connectivity index (χ1) is 8.14. The Morgan fingerprint density at radius 2 is 2.12 bits per heavy atom. The molecule has 0 atom stereocenters. The summed E-state index contributed by atoms with van der Waals surface area (Å²) in [5.41, 5.74) is 1.01. The van der Waals surface area contributed by atoms with Crippen molar-refractivity contribution in [3.8, 4) is 0 Å². The number of nitrogens with zero attached hydrogens (tertiary/aromatic N) is 2. The van der Waals surface area contributed by atoms with Gasteiger partial charge in [0.25, 0.3) is 0 Å². The van der Waals surface area contributed by atoms with Gasteiger partial charge in [0.05, 0.1) is 17.2 Å². The molecular formula is C13H16N2O2. The average molecular weight is 232 g/mol. The number of rotatable bonds is 3. The molecule has 2 bridgehead atoms. The Balaban J connectivity index is 1.54. The SMILES string of the molecule is O=C(O)C12CC(n3cc(C4CCC4)cn3)(C1)C2. The minimum atomic E-state index is -0.620. The zero-order chi connectivity index (χ0) is 11.7. The van der Waals surface area contributed by atoms with Crippen molar-refractivity contribution in [3.63, 3.8) is 0 Å². The first-order valence-electron chi connectivity index (χ1n) is 6.42. The van der Waals surface area contributed by atoms with Gasteiger partial charge in [0.2, 0.25) is 0 Å². The second kappa shape index (κ2) is 2.74. The van der Waals surface area contributed by atoms with Crippen molar-refractivity contribution < 1.29 is 9.90 Å². The topological polar surface area (TPSA) is 55.1 Å². The van der Waals surface area contributed by atoms with Crippen LogP contribution >= 0.6 is 0 Å². The number of carboxylic acid groups (broad SMARTS) is 1. The maximum atomic E-state index is 11.1. The molecule has 1 aromatic rings. The number of aliphatic carboxylic acids is 1. The molecule has 0 saturated heterocycles. The van der Waals surface area contributed by atoms with E-state index in [-0.39, 0.29) is 5.54 Å². The van der Waals surface area contributed by atoms with E-state index in [4.69, 9.17) is 5.11 Å². The molecule has 1 aromatic heterocycles. The summed E-state index contributed by atoms with van der Waals surface area (Å²) in [6, 6.07) is 0. The van der Waals surface area contributed by atoms with Crippen LogP contribution in [0, 0.1) is 5.41 Å². The molecule has 4 aliphatic carbocycles. The third-order valence-electron chi connectivity index (χ3n) is 5.12. The molecule has 4 saturated carbocycles. The van der Waals surface area contributed by atoms with Gasteiger partial charge < -0.3 is 5.11 Å². The van der Waals surface area contributed by atoms with Crippen LogP contribution in [0.2, 0.25) is 0 Å². The number of hydrogen-bond donors (Lipinski definition) is 1. The molecule has 1 heterocycles. The fourth-order valence-electron chi connectivity index (χ4n) is 3.75. The smallest absolute Gasteiger partial charge is 0.309 e. The number of hydrogen-bond acceptors (Lipinski definition) is 2. The van der Waals surface area contributed by atoms with Gasteiger partial charge in [-0.15, -0.1) is 0 Å². The molecule has 0 radical (unpaired) electrons. The largest absolute Gasteiger partial charge is 0.481 e. The van der Waals surface area contributed by atoms with Crippen LogP contribution in [0.4, 0.5) is 0 Å². The van der Waals surface area contributed by atoms with Gasteiger partial charge in [-0.25, -0.2) is 0 Å². The Kier molecular flexibility index (Phi) is 1.56. The lowest BCUT2D eigenvalue weighted by Gasteiger charge is -2.67. The maximum Gasteiger partial charge on any atom is 0.309 e. The van der Waals surface area contributed by atoms with Gasteiger partial charge in [-0.1, -0.05) is 6.42 Å². The zero-order valence-corrected chi connectivity index (χ0v) is 9.72. The van der Waals surface area contributed by atoms with Gasteiger partial charge in [-0.2, -0.15) is 5.10 Å². The van der Waals surface area contributed by atoms with Crippen LogP contribution in [-0.2, 0) is 10.3 Å². The minimum Gasteiger partial charge on any atom is -0.481 e. The summed E-state index contributed by atoms with van der Waals surface area (Å²) in [5, 5.41) is 13.6. The van der Waals surface area contributed by atoms with Crippen LogP contribution < -0.4 is 0 Å². The number of carbonyl (C=O) groups is 1. The molecule has 4 nitrogen and oxygen atoms in total. The second-order valence-electron chi connectivity index (χ2n) is 6.19. The quantitative estimate of drug-likeness (QED) is 0.868. The maximum absolute atomic E-state index is 11.1.